The fraction of sp³-hybridized carbons (Fsp3) is 0.286. The summed E-state index contributed by atoms with van der Waals surface area (Å²) in [7, 11) is 0. The van der Waals surface area contributed by atoms with Gasteiger partial charge in [0.1, 0.15) is 0 Å². The zero-order chi connectivity index (χ0) is 19.6. The highest BCUT2D eigenvalue weighted by molar-refractivity contribution is 6.15. The van der Waals surface area contributed by atoms with Crippen LogP contribution in [0.15, 0.2) is 42.5 Å². The number of benzene rings is 2. The van der Waals surface area contributed by atoms with Crippen LogP contribution in [-0.4, -0.2) is 48.3 Å². The van der Waals surface area contributed by atoms with E-state index < -0.39 is 12.0 Å². The molecule has 0 spiro atoms. The van der Waals surface area contributed by atoms with Crippen molar-refractivity contribution in [3.63, 3.8) is 0 Å². The highest BCUT2D eigenvalue weighted by atomic mass is 16.5. The lowest BCUT2D eigenvalue weighted by atomic mass is 9.95. The second-order valence-corrected chi connectivity index (χ2v) is 6.69. The molecule has 0 saturated carbocycles. The summed E-state index contributed by atoms with van der Waals surface area (Å²) in [5.41, 5.74) is 8.60. The Kier molecular flexibility index (Phi) is 5.37. The quantitative estimate of drug-likeness (QED) is 0.837. The van der Waals surface area contributed by atoms with E-state index >= 15 is 0 Å². The zero-order valence-electron chi connectivity index (χ0n) is 15.4. The summed E-state index contributed by atoms with van der Waals surface area (Å²) >= 11 is 0. The number of hydrogen-bond acceptors (Lipinski definition) is 4. The molecule has 2 aromatic carbocycles. The van der Waals surface area contributed by atoms with E-state index in [-0.39, 0.29) is 24.8 Å². The number of nitrogens with two attached hydrogens (primary N) is 1. The SMILES string of the molecule is Cc1ccc(C(=O)c2ccccc2C(=O)N2CCO[C@H](C(N)=O)C2)cc1C. The van der Waals surface area contributed by atoms with Crippen molar-refractivity contribution in [2.45, 2.75) is 20.0 Å². The van der Waals surface area contributed by atoms with Gasteiger partial charge in [-0.15, -0.1) is 0 Å². The van der Waals surface area contributed by atoms with Crippen molar-refractivity contribution in [2.75, 3.05) is 19.7 Å². The summed E-state index contributed by atoms with van der Waals surface area (Å²) in [6, 6.07) is 12.2. The first-order valence-electron chi connectivity index (χ1n) is 8.79. The fourth-order valence-corrected chi connectivity index (χ4v) is 3.08. The summed E-state index contributed by atoms with van der Waals surface area (Å²) in [6.07, 6.45) is -0.828. The molecule has 6 nitrogen and oxygen atoms in total. The Bertz CT molecular complexity index is 907. The first-order chi connectivity index (χ1) is 12.9. The maximum Gasteiger partial charge on any atom is 0.254 e. The van der Waals surface area contributed by atoms with Crippen LogP contribution in [0.2, 0.25) is 0 Å². The smallest absolute Gasteiger partial charge is 0.254 e. The van der Waals surface area contributed by atoms with Gasteiger partial charge in [-0.2, -0.15) is 0 Å². The van der Waals surface area contributed by atoms with E-state index in [2.05, 4.69) is 0 Å². The molecule has 1 fully saturated rings. The second-order valence-electron chi connectivity index (χ2n) is 6.69. The maximum atomic E-state index is 13.0. The van der Waals surface area contributed by atoms with E-state index in [0.717, 1.165) is 11.1 Å². The minimum absolute atomic E-state index is 0.0837. The number of primary amides is 1. The summed E-state index contributed by atoms with van der Waals surface area (Å²) in [6.45, 7) is 4.58. The summed E-state index contributed by atoms with van der Waals surface area (Å²) < 4.78 is 5.29. The number of ketones is 1. The second kappa shape index (κ2) is 7.72. The van der Waals surface area contributed by atoms with E-state index in [9.17, 15) is 14.4 Å². The van der Waals surface area contributed by atoms with Crippen LogP contribution >= 0.6 is 0 Å². The number of hydrogen-bond donors (Lipinski definition) is 1. The molecule has 0 aromatic heterocycles. The van der Waals surface area contributed by atoms with Gasteiger partial charge >= 0.3 is 0 Å². The molecule has 0 bridgehead atoms. The predicted molar refractivity (Wildman–Crippen MR) is 101 cm³/mol. The van der Waals surface area contributed by atoms with Gasteiger partial charge in [-0.05, 0) is 37.1 Å². The molecule has 6 heteroatoms. The monoisotopic (exact) mass is 366 g/mol. The number of carbonyl (C=O) groups excluding carboxylic acids is 3. The third kappa shape index (κ3) is 3.90. The maximum absolute atomic E-state index is 13.0. The topological polar surface area (TPSA) is 89.7 Å². The van der Waals surface area contributed by atoms with E-state index in [1.807, 2.05) is 26.0 Å². The average Bonchev–Trinajstić information content (AvgIpc) is 2.69. The standard InChI is InChI=1S/C21H22N2O4/c1-13-7-8-15(11-14(13)2)19(24)16-5-3-4-6-17(16)21(26)23-9-10-27-18(12-23)20(22)25/h3-8,11,18H,9-10,12H2,1-2H3,(H2,22,25)/t18-/m0/s1. The van der Waals surface area contributed by atoms with Gasteiger partial charge in [0, 0.05) is 17.7 Å². The molecular formula is C21H22N2O4. The highest BCUT2D eigenvalue weighted by Crippen LogP contribution is 2.20. The molecule has 1 atom stereocenters. The van der Waals surface area contributed by atoms with Crippen LogP contribution in [0.3, 0.4) is 0 Å². The predicted octanol–water partition coefficient (Wildman–Crippen LogP) is 1.86. The van der Waals surface area contributed by atoms with E-state index in [4.69, 9.17) is 10.5 Å². The fourth-order valence-electron chi connectivity index (χ4n) is 3.08. The van der Waals surface area contributed by atoms with Crippen LogP contribution in [0, 0.1) is 13.8 Å². The van der Waals surface area contributed by atoms with Crippen LogP contribution < -0.4 is 5.73 Å². The molecule has 140 valence electrons. The molecular weight excluding hydrogens is 344 g/mol. The van der Waals surface area contributed by atoms with Gasteiger partial charge in [0.05, 0.1) is 18.7 Å². The number of rotatable bonds is 4. The lowest BCUT2D eigenvalue weighted by molar-refractivity contribution is -0.133. The number of ether oxygens (including phenoxy) is 1. The van der Waals surface area contributed by atoms with Gasteiger partial charge in [0.2, 0.25) is 5.91 Å². The number of amides is 2. The van der Waals surface area contributed by atoms with Gasteiger partial charge in [0.15, 0.2) is 11.9 Å². The number of nitrogens with zero attached hydrogens (tertiary/aromatic N) is 1. The van der Waals surface area contributed by atoms with Crippen molar-refractivity contribution >= 4 is 17.6 Å². The molecule has 0 aliphatic carbocycles. The zero-order valence-corrected chi connectivity index (χ0v) is 15.4. The molecule has 0 unspecified atom stereocenters. The number of carbonyl (C=O) groups is 3. The molecule has 2 amide bonds. The van der Waals surface area contributed by atoms with E-state index in [1.165, 1.54) is 4.90 Å². The highest BCUT2D eigenvalue weighted by Gasteiger charge is 2.30. The Labute approximate surface area is 157 Å². The average molecular weight is 366 g/mol. The normalized spacial score (nSPS) is 16.8. The van der Waals surface area contributed by atoms with Crippen molar-refractivity contribution in [1.29, 1.82) is 0 Å². The van der Waals surface area contributed by atoms with Crippen LogP contribution in [0.1, 0.15) is 37.4 Å². The Morgan fingerprint density at radius 1 is 1.04 bits per heavy atom. The summed E-state index contributed by atoms with van der Waals surface area (Å²) in [5.74, 6) is -1.12. The van der Waals surface area contributed by atoms with E-state index in [0.29, 0.717) is 23.2 Å². The van der Waals surface area contributed by atoms with Gasteiger partial charge in [-0.3, -0.25) is 14.4 Å². The minimum Gasteiger partial charge on any atom is -0.367 e. The van der Waals surface area contributed by atoms with E-state index in [1.54, 1.807) is 30.3 Å². The van der Waals surface area contributed by atoms with Crippen molar-refractivity contribution in [3.8, 4) is 0 Å². The Balaban J connectivity index is 1.91. The van der Waals surface area contributed by atoms with Crippen molar-refractivity contribution < 1.29 is 19.1 Å². The van der Waals surface area contributed by atoms with Gasteiger partial charge in [0.25, 0.3) is 5.91 Å². The molecule has 1 heterocycles. The summed E-state index contributed by atoms with van der Waals surface area (Å²) in [5, 5.41) is 0. The van der Waals surface area contributed by atoms with Crippen molar-refractivity contribution in [3.05, 3.63) is 70.3 Å². The molecule has 1 saturated heterocycles. The van der Waals surface area contributed by atoms with Crippen LogP contribution in [-0.2, 0) is 9.53 Å². The molecule has 2 aromatic rings. The van der Waals surface area contributed by atoms with Crippen LogP contribution in [0.25, 0.3) is 0 Å². The number of morpholine rings is 1. The minimum atomic E-state index is -0.828. The summed E-state index contributed by atoms with van der Waals surface area (Å²) in [4.78, 5) is 38.9. The van der Waals surface area contributed by atoms with Crippen molar-refractivity contribution in [2.24, 2.45) is 5.73 Å². The van der Waals surface area contributed by atoms with Gasteiger partial charge in [-0.25, -0.2) is 0 Å². The Hall–Kier alpha value is -2.99. The Morgan fingerprint density at radius 2 is 1.74 bits per heavy atom. The van der Waals surface area contributed by atoms with Crippen molar-refractivity contribution in [1.82, 2.24) is 4.90 Å². The van der Waals surface area contributed by atoms with Crippen LogP contribution in [0.5, 0.6) is 0 Å². The molecule has 27 heavy (non-hydrogen) atoms. The molecule has 1 aliphatic rings. The third-order valence-electron chi connectivity index (χ3n) is 4.84. The molecule has 0 radical (unpaired) electrons. The Morgan fingerprint density at radius 3 is 2.41 bits per heavy atom. The lowest BCUT2D eigenvalue weighted by Crippen LogP contribution is -2.50. The molecule has 2 N–H and O–H groups in total. The molecule has 1 aliphatic heterocycles. The van der Waals surface area contributed by atoms with Gasteiger partial charge < -0.3 is 15.4 Å². The van der Waals surface area contributed by atoms with Crippen LogP contribution in [0.4, 0.5) is 0 Å². The first-order valence-corrected chi connectivity index (χ1v) is 8.79. The largest absolute Gasteiger partial charge is 0.367 e. The molecule has 3 rings (SSSR count). The van der Waals surface area contributed by atoms with Gasteiger partial charge in [-0.1, -0.05) is 30.3 Å². The number of aryl methyl sites for hydroxylation is 2. The third-order valence-corrected chi connectivity index (χ3v) is 4.84. The lowest BCUT2D eigenvalue weighted by Gasteiger charge is -2.31. The first kappa shape index (κ1) is 18.8.